The van der Waals surface area contributed by atoms with Crippen LogP contribution < -0.4 is 5.32 Å². The van der Waals surface area contributed by atoms with Crippen molar-refractivity contribution in [3.63, 3.8) is 0 Å². The Morgan fingerprint density at radius 1 is 1.50 bits per heavy atom. The minimum absolute atomic E-state index is 0.103. The van der Waals surface area contributed by atoms with Crippen molar-refractivity contribution in [2.75, 3.05) is 32.1 Å². The average molecular weight is 298 g/mol. The van der Waals surface area contributed by atoms with Crippen LogP contribution in [0.2, 0.25) is 5.02 Å². The molecule has 5 nitrogen and oxygen atoms in total. The first-order valence-corrected chi connectivity index (χ1v) is 7.06. The molecule has 1 aromatic rings. The third kappa shape index (κ3) is 3.84. The van der Waals surface area contributed by atoms with E-state index < -0.39 is 0 Å². The number of piperidine rings is 1. The fourth-order valence-electron chi connectivity index (χ4n) is 2.43. The molecular weight excluding hydrogens is 278 g/mol. The molecular formula is C14H20ClN3O2. The number of carbonyl (C=O) groups excluding carboxylic acids is 1. The van der Waals surface area contributed by atoms with Gasteiger partial charge in [-0.2, -0.15) is 0 Å². The first kappa shape index (κ1) is 15.1. The number of carbonyl (C=O) groups is 1. The number of hydrogen-bond donors (Lipinski definition) is 1. The predicted octanol–water partition coefficient (Wildman–Crippen LogP) is 3.02. The van der Waals surface area contributed by atoms with Gasteiger partial charge in [0.1, 0.15) is 0 Å². The van der Waals surface area contributed by atoms with Crippen molar-refractivity contribution in [2.24, 2.45) is 5.41 Å². The minimum atomic E-state index is -0.103. The van der Waals surface area contributed by atoms with Crippen LogP contribution in [0.5, 0.6) is 0 Å². The van der Waals surface area contributed by atoms with Crippen LogP contribution in [-0.4, -0.2) is 42.7 Å². The third-order valence-corrected chi connectivity index (χ3v) is 3.91. The molecule has 1 aromatic heterocycles. The summed E-state index contributed by atoms with van der Waals surface area (Å²) in [5, 5.41) is 3.33. The zero-order chi connectivity index (χ0) is 14.6. The van der Waals surface area contributed by atoms with Gasteiger partial charge in [-0.05, 0) is 24.3 Å². The molecule has 1 aliphatic rings. The van der Waals surface area contributed by atoms with Crippen LogP contribution in [0.4, 0.5) is 10.5 Å². The van der Waals surface area contributed by atoms with Gasteiger partial charge in [0.15, 0.2) is 0 Å². The van der Waals surface area contributed by atoms with Gasteiger partial charge in [0.25, 0.3) is 0 Å². The number of rotatable bonds is 3. The lowest BCUT2D eigenvalue weighted by molar-refractivity contribution is 0.0452. The first-order chi connectivity index (χ1) is 9.52. The standard InChI is InChI=1S/C14H20ClN3O2/c1-14(10-20-2)3-5-18(6-4-14)13(19)17-12-7-11(15)8-16-9-12/h7-9H,3-6,10H2,1-2H3,(H,17,19). The van der Waals surface area contributed by atoms with Crippen molar-refractivity contribution in [1.29, 1.82) is 0 Å². The number of urea groups is 1. The topological polar surface area (TPSA) is 54.5 Å². The van der Waals surface area contributed by atoms with Gasteiger partial charge < -0.3 is 15.0 Å². The van der Waals surface area contributed by atoms with Crippen molar-refractivity contribution in [3.8, 4) is 0 Å². The van der Waals surface area contributed by atoms with Crippen molar-refractivity contribution < 1.29 is 9.53 Å². The monoisotopic (exact) mass is 297 g/mol. The Hall–Kier alpha value is -1.33. The van der Waals surface area contributed by atoms with Gasteiger partial charge in [-0.1, -0.05) is 18.5 Å². The summed E-state index contributed by atoms with van der Waals surface area (Å²) < 4.78 is 5.25. The van der Waals surface area contributed by atoms with E-state index in [1.807, 2.05) is 4.90 Å². The lowest BCUT2D eigenvalue weighted by Gasteiger charge is -2.38. The van der Waals surface area contributed by atoms with E-state index in [0.29, 0.717) is 10.7 Å². The van der Waals surface area contributed by atoms with Crippen LogP contribution in [0.25, 0.3) is 0 Å². The lowest BCUT2D eigenvalue weighted by Crippen LogP contribution is -2.45. The maximum absolute atomic E-state index is 12.2. The molecule has 6 heteroatoms. The van der Waals surface area contributed by atoms with Gasteiger partial charge in [-0.15, -0.1) is 0 Å². The van der Waals surface area contributed by atoms with Gasteiger partial charge >= 0.3 is 6.03 Å². The number of nitrogens with one attached hydrogen (secondary N) is 1. The number of hydrogen-bond acceptors (Lipinski definition) is 3. The maximum atomic E-state index is 12.2. The number of pyridine rings is 1. The number of likely N-dealkylation sites (tertiary alicyclic amines) is 1. The Kier molecular flexibility index (Phi) is 4.83. The smallest absolute Gasteiger partial charge is 0.321 e. The number of nitrogens with zero attached hydrogens (tertiary/aromatic N) is 2. The van der Waals surface area contributed by atoms with Gasteiger partial charge in [-0.3, -0.25) is 4.98 Å². The van der Waals surface area contributed by atoms with Gasteiger partial charge in [0.2, 0.25) is 0 Å². The summed E-state index contributed by atoms with van der Waals surface area (Å²) in [5.74, 6) is 0. The highest BCUT2D eigenvalue weighted by Crippen LogP contribution is 2.31. The molecule has 0 spiro atoms. The van der Waals surface area contributed by atoms with Crippen LogP contribution in [0.3, 0.4) is 0 Å². The molecule has 2 rings (SSSR count). The van der Waals surface area contributed by atoms with Crippen LogP contribution in [0.15, 0.2) is 18.5 Å². The third-order valence-electron chi connectivity index (χ3n) is 3.71. The molecule has 0 bridgehead atoms. The summed E-state index contributed by atoms with van der Waals surface area (Å²) in [6.07, 6.45) is 5.02. The molecule has 2 heterocycles. The SMILES string of the molecule is COCC1(C)CCN(C(=O)Nc2cncc(Cl)c2)CC1. The minimum Gasteiger partial charge on any atom is -0.384 e. The second-order valence-corrected chi connectivity index (χ2v) is 5.99. The van der Waals surface area contributed by atoms with Crippen LogP contribution in [-0.2, 0) is 4.74 Å². The summed E-state index contributed by atoms with van der Waals surface area (Å²) in [6.45, 7) is 4.41. The van der Waals surface area contributed by atoms with Crippen LogP contribution in [0.1, 0.15) is 19.8 Å². The summed E-state index contributed by atoms with van der Waals surface area (Å²) in [7, 11) is 1.72. The lowest BCUT2D eigenvalue weighted by atomic mass is 9.81. The molecule has 0 radical (unpaired) electrons. The number of halogens is 1. The van der Waals surface area contributed by atoms with Crippen molar-refractivity contribution in [1.82, 2.24) is 9.88 Å². The molecule has 1 saturated heterocycles. The largest absolute Gasteiger partial charge is 0.384 e. The Morgan fingerprint density at radius 2 is 2.20 bits per heavy atom. The quantitative estimate of drug-likeness (QED) is 0.933. The van der Waals surface area contributed by atoms with E-state index in [4.69, 9.17) is 16.3 Å². The highest BCUT2D eigenvalue weighted by atomic mass is 35.5. The highest BCUT2D eigenvalue weighted by molar-refractivity contribution is 6.30. The number of anilines is 1. The van der Waals surface area contributed by atoms with E-state index >= 15 is 0 Å². The number of methoxy groups -OCH3 is 1. The molecule has 0 atom stereocenters. The molecule has 0 saturated carbocycles. The first-order valence-electron chi connectivity index (χ1n) is 6.68. The van der Waals surface area contributed by atoms with E-state index in [1.165, 1.54) is 6.20 Å². The average Bonchev–Trinajstić information content (AvgIpc) is 2.39. The normalized spacial score (nSPS) is 17.9. The second-order valence-electron chi connectivity index (χ2n) is 5.55. The van der Waals surface area contributed by atoms with Gasteiger partial charge in [0.05, 0.1) is 23.5 Å². The van der Waals surface area contributed by atoms with E-state index in [2.05, 4.69) is 17.2 Å². The summed E-state index contributed by atoms with van der Waals surface area (Å²) in [4.78, 5) is 17.9. The van der Waals surface area contributed by atoms with E-state index in [0.717, 1.165) is 32.5 Å². The number of ether oxygens (including phenoxy) is 1. The van der Waals surface area contributed by atoms with E-state index in [-0.39, 0.29) is 11.4 Å². The Labute approximate surface area is 124 Å². The Morgan fingerprint density at radius 3 is 2.80 bits per heavy atom. The summed E-state index contributed by atoms with van der Waals surface area (Å²) >= 11 is 5.84. The van der Waals surface area contributed by atoms with Gasteiger partial charge in [-0.25, -0.2) is 4.79 Å². The molecule has 2 amide bonds. The number of aromatic nitrogens is 1. The Balaban J connectivity index is 1.89. The second kappa shape index (κ2) is 6.41. The molecule has 1 aliphatic heterocycles. The zero-order valence-electron chi connectivity index (χ0n) is 11.9. The zero-order valence-corrected chi connectivity index (χ0v) is 12.6. The molecule has 0 aliphatic carbocycles. The van der Waals surface area contributed by atoms with Gasteiger partial charge in [0, 0.05) is 26.4 Å². The molecule has 1 N–H and O–H groups in total. The summed E-state index contributed by atoms with van der Waals surface area (Å²) in [5.41, 5.74) is 0.788. The molecule has 20 heavy (non-hydrogen) atoms. The van der Waals surface area contributed by atoms with Crippen molar-refractivity contribution in [2.45, 2.75) is 19.8 Å². The predicted molar refractivity (Wildman–Crippen MR) is 79.1 cm³/mol. The number of amides is 2. The fraction of sp³-hybridized carbons (Fsp3) is 0.571. The van der Waals surface area contributed by atoms with E-state index in [9.17, 15) is 4.79 Å². The van der Waals surface area contributed by atoms with Crippen LogP contribution >= 0.6 is 11.6 Å². The Bertz CT molecular complexity index is 473. The summed E-state index contributed by atoms with van der Waals surface area (Å²) in [6, 6.07) is 1.58. The molecule has 0 aromatic carbocycles. The molecule has 0 unspecified atom stereocenters. The molecule has 110 valence electrons. The maximum Gasteiger partial charge on any atom is 0.321 e. The fourth-order valence-corrected chi connectivity index (χ4v) is 2.60. The highest BCUT2D eigenvalue weighted by Gasteiger charge is 2.31. The van der Waals surface area contributed by atoms with Crippen molar-refractivity contribution in [3.05, 3.63) is 23.5 Å². The molecule has 1 fully saturated rings. The van der Waals surface area contributed by atoms with Crippen molar-refractivity contribution >= 4 is 23.3 Å². The van der Waals surface area contributed by atoms with Crippen LogP contribution in [0, 0.1) is 5.41 Å². The van der Waals surface area contributed by atoms with E-state index in [1.54, 1.807) is 19.4 Å².